The van der Waals surface area contributed by atoms with E-state index < -0.39 is 0 Å². The van der Waals surface area contributed by atoms with E-state index in [1.165, 1.54) is 10.5 Å². The summed E-state index contributed by atoms with van der Waals surface area (Å²) in [5.74, 6) is -0.222. The number of fused-ring (bicyclic) bond motifs is 3. The molecule has 0 aliphatic carbocycles. The number of nitrogens with zero attached hydrogens (tertiary/aromatic N) is 4. The van der Waals surface area contributed by atoms with Crippen LogP contribution in [0.1, 0.15) is 24.8 Å². The summed E-state index contributed by atoms with van der Waals surface area (Å²) in [6.45, 7) is 2.36. The van der Waals surface area contributed by atoms with E-state index in [0.29, 0.717) is 34.5 Å². The Balaban J connectivity index is 1.21. The Hall–Kier alpha value is -1.82. The molecule has 0 radical (unpaired) electrons. The van der Waals surface area contributed by atoms with E-state index in [4.69, 9.17) is 9.47 Å². The monoisotopic (exact) mass is 567 g/mol. The van der Waals surface area contributed by atoms with E-state index in [1.807, 2.05) is 24.3 Å². The third kappa shape index (κ3) is 4.73. The number of aromatic nitrogens is 3. The standard InChI is InChI=1S/C24H29FIN4O3/c1-32-17-24(33-16-18-7-2-3-8-20(18)25)13-19-15-26-21(14-24)28(19)11-6-12-30-23(31)29-10-5-4-9-22(29)27-30/h2-5,7-10,19,21H,6,11-17H2,1H3/q-1. The molecule has 3 atom stereocenters. The third-order valence-electron chi connectivity index (χ3n) is 6.60. The van der Waals surface area contributed by atoms with Crippen LogP contribution in [-0.2, 0) is 22.6 Å². The first kappa shape index (κ1) is 22.9. The minimum absolute atomic E-state index is 0.0463. The summed E-state index contributed by atoms with van der Waals surface area (Å²) in [4.78, 5) is 15.1. The van der Waals surface area contributed by atoms with Gasteiger partial charge in [-0.15, -0.1) is 0 Å². The van der Waals surface area contributed by atoms with Crippen LogP contribution in [0.2, 0.25) is 0 Å². The summed E-state index contributed by atoms with van der Waals surface area (Å²) >= 11 is 0.0463. The molecule has 0 N–H and O–H groups in total. The number of hydrogen-bond acceptors (Lipinski definition) is 5. The van der Waals surface area contributed by atoms with Crippen molar-refractivity contribution >= 4 is 5.65 Å². The molecule has 0 amide bonds. The average molecular weight is 567 g/mol. The fourth-order valence-electron chi connectivity index (χ4n) is 5.00. The SMILES string of the molecule is COCC1(OCc2ccccc2F)CC2C[I-]C(C1)N2CCCn1nc2ccccn2c1=O. The summed E-state index contributed by atoms with van der Waals surface area (Å²) in [6.07, 6.45) is 4.47. The van der Waals surface area contributed by atoms with Crippen LogP contribution in [0.4, 0.5) is 4.39 Å². The van der Waals surface area contributed by atoms with Crippen molar-refractivity contribution in [2.75, 3.05) is 24.7 Å². The molecule has 7 nitrogen and oxygen atoms in total. The van der Waals surface area contributed by atoms with Gasteiger partial charge >= 0.3 is 203 Å². The van der Waals surface area contributed by atoms with Gasteiger partial charge in [0.25, 0.3) is 0 Å². The number of benzene rings is 1. The van der Waals surface area contributed by atoms with Crippen LogP contribution in [0.25, 0.3) is 5.65 Å². The predicted octanol–water partition coefficient (Wildman–Crippen LogP) is -0.480. The number of alkyl halides is 2. The molecular weight excluding hydrogens is 538 g/mol. The zero-order valence-electron chi connectivity index (χ0n) is 18.7. The summed E-state index contributed by atoms with van der Waals surface area (Å²) in [5.41, 5.74) is 0.829. The van der Waals surface area contributed by atoms with Crippen molar-refractivity contribution in [3.05, 3.63) is 70.5 Å². The summed E-state index contributed by atoms with van der Waals surface area (Å²) < 4.78 is 31.0. The van der Waals surface area contributed by atoms with Crippen LogP contribution < -0.4 is 26.9 Å². The first-order valence-electron chi connectivity index (χ1n) is 11.3. The predicted molar refractivity (Wildman–Crippen MR) is 118 cm³/mol. The molecule has 3 unspecified atom stereocenters. The Morgan fingerprint density at radius 2 is 2.03 bits per heavy atom. The van der Waals surface area contributed by atoms with E-state index >= 15 is 0 Å². The molecule has 178 valence electrons. The number of halogens is 2. The third-order valence-corrected chi connectivity index (χ3v) is 10.3. The van der Waals surface area contributed by atoms with Gasteiger partial charge in [0, 0.05) is 0 Å². The molecule has 9 heteroatoms. The van der Waals surface area contributed by atoms with Gasteiger partial charge in [-0.05, 0) is 0 Å². The Kier molecular flexibility index (Phi) is 6.82. The number of methoxy groups -OCH3 is 1. The molecule has 2 fully saturated rings. The summed E-state index contributed by atoms with van der Waals surface area (Å²) in [5, 5.41) is 4.44. The fourth-order valence-corrected chi connectivity index (χ4v) is 9.35. The van der Waals surface area contributed by atoms with Crippen LogP contribution in [0.15, 0.2) is 53.5 Å². The molecule has 2 bridgehead atoms. The van der Waals surface area contributed by atoms with Crippen molar-refractivity contribution in [1.82, 2.24) is 19.1 Å². The molecule has 2 aliphatic rings. The van der Waals surface area contributed by atoms with Gasteiger partial charge in [-0.25, -0.2) is 0 Å². The van der Waals surface area contributed by atoms with Crippen molar-refractivity contribution in [2.45, 2.75) is 48.1 Å². The Labute approximate surface area is 202 Å². The maximum absolute atomic E-state index is 14.1. The van der Waals surface area contributed by atoms with Crippen molar-refractivity contribution in [2.24, 2.45) is 0 Å². The molecule has 0 spiro atoms. The van der Waals surface area contributed by atoms with Crippen LogP contribution in [0.3, 0.4) is 0 Å². The Morgan fingerprint density at radius 1 is 1.18 bits per heavy atom. The normalized spacial score (nSPS) is 25.4. The number of rotatable bonds is 9. The zero-order valence-corrected chi connectivity index (χ0v) is 20.9. The molecule has 33 heavy (non-hydrogen) atoms. The van der Waals surface area contributed by atoms with Gasteiger partial charge in [0.1, 0.15) is 0 Å². The first-order chi connectivity index (χ1) is 16.1. The van der Waals surface area contributed by atoms with E-state index in [0.717, 1.165) is 25.8 Å². The molecule has 4 heterocycles. The second kappa shape index (κ2) is 9.81. The zero-order chi connectivity index (χ0) is 22.8. The second-order valence-electron chi connectivity index (χ2n) is 8.83. The second-order valence-corrected chi connectivity index (χ2v) is 12.0. The van der Waals surface area contributed by atoms with Crippen LogP contribution in [0.5, 0.6) is 0 Å². The van der Waals surface area contributed by atoms with Crippen LogP contribution >= 0.6 is 0 Å². The average Bonchev–Trinajstić information content (AvgIpc) is 3.26. The van der Waals surface area contributed by atoms with Gasteiger partial charge in [0.05, 0.1) is 0 Å². The van der Waals surface area contributed by atoms with Crippen LogP contribution in [0, 0.1) is 5.82 Å². The van der Waals surface area contributed by atoms with Crippen LogP contribution in [-0.4, -0.2) is 59.5 Å². The summed E-state index contributed by atoms with van der Waals surface area (Å²) in [6, 6.07) is 12.9. The van der Waals surface area contributed by atoms with Gasteiger partial charge in [0.15, 0.2) is 0 Å². The molecular formula is C24H29FIN4O3-. The Bertz CT molecular complexity index is 1150. The van der Waals surface area contributed by atoms with E-state index in [-0.39, 0.29) is 44.9 Å². The Morgan fingerprint density at radius 3 is 2.82 bits per heavy atom. The van der Waals surface area contributed by atoms with Crippen molar-refractivity contribution in [3.8, 4) is 0 Å². The van der Waals surface area contributed by atoms with Gasteiger partial charge in [0.2, 0.25) is 0 Å². The molecule has 1 aromatic carbocycles. The molecule has 3 aromatic rings. The van der Waals surface area contributed by atoms with Crippen molar-refractivity contribution in [1.29, 1.82) is 0 Å². The maximum atomic E-state index is 14.1. The number of ether oxygens (including phenoxy) is 2. The van der Waals surface area contributed by atoms with E-state index in [1.54, 1.807) is 34.5 Å². The number of hydrogen-bond donors (Lipinski definition) is 0. The summed E-state index contributed by atoms with van der Waals surface area (Å²) in [7, 11) is 1.71. The van der Waals surface area contributed by atoms with Gasteiger partial charge in [-0.1, -0.05) is 0 Å². The molecule has 2 aromatic heterocycles. The molecule has 5 rings (SSSR count). The van der Waals surface area contributed by atoms with E-state index in [2.05, 4.69) is 10.00 Å². The van der Waals surface area contributed by atoms with Crippen molar-refractivity contribution in [3.63, 3.8) is 0 Å². The topological polar surface area (TPSA) is 61.0 Å². The van der Waals surface area contributed by atoms with E-state index in [9.17, 15) is 9.18 Å². The van der Waals surface area contributed by atoms with Gasteiger partial charge in [-0.3, -0.25) is 0 Å². The molecule has 0 saturated carbocycles. The first-order valence-corrected chi connectivity index (χ1v) is 14.1. The quantitative estimate of drug-likeness (QED) is 0.199. The van der Waals surface area contributed by atoms with Crippen molar-refractivity contribution < 1.29 is 35.1 Å². The number of piperidine rings is 1. The molecule has 2 saturated heterocycles. The van der Waals surface area contributed by atoms with Gasteiger partial charge in [-0.2, -0.15) is 0 Å². The number of pyridine rings is 1. The number of aryl methyl sites for hydroxylation is 1. The molecule has 2 aliphatic heterocycles. The fraction of sp³-hybridized carbons (Fsp3) is 0.500. The minimum atomic E-state index is -0.363. The van der Waals surface area contributed by atoms with Gasteiger partial charge < -0.3 is 0 Å².